The third-order valence-corrected chi connectivity index (χ3v) is 5.64. The van der Waals surface area contributed by atoms with Crippen molar-refractivity contribution in [3.63, 3.8) is 0 Å². The fraction of sp³-hybridized carbons (Fsp3) is 1.00. The molecule has 1 aliphatic rings. The van der Waals surface area contributed by atoms with Crippen LogP contribution < -0.4 is 0 Å². The Bertz CT molecular complexity index is 310. The van der Waals surface area contributed by atoms with Crippen LogP contribution in [-0.2, 0) is 13.7 Å². The summed E-state index contributed by atoms with van der Waals surface area (Å²) in [7, 11) is 1.53. The van der Waals surface area contributed by atoms with Crippen molar-refractivity contribution in [3.05, 3.63) is 0 Å². The fourth-order valence-electron chi connectivity index (χ4n) is 2.63. The van der Waals surface area contributed by atoms with Gasteiger partial charge in [-0.1, -0.05) is 35.3 Å². The summed E-state index contributed by atoms with van der Waals surface area (Å²) in [6.07, 6.45) is 1.08. The van der Waals surface area contributed by atoms with E-state index in [9.17, 15) is 0 Å². The highest BCUT2D eigenvalue weighted by Gasteiger charge is 2.55. The third-order valence-electron chi connectivity index (χ3n) is 4.74. The first-order valence-corrected chi connectivity index (χ1v) is 8.48. The minimum absolute atomic E-state index is 0.0392. The highest BCUT2D eigenvalue weighted by Crippen LogP contribution is 2.57. The Labute approximate surface area is 121 Å². The van der Waals surface area contributed by atoms with Crippen LogP contribution in [0.25, 0.3) is 0 Å². The van der Waals surface area contributed by atoms with E-state index in [4.69, 9.17) is 16.3 Å². The molecule has 3 unspecified atom stereocenters. The van der Waals surface area contributed by atoms with Crippen LogP contribution in [0.4, 0.5) is 0 Å². The van der Waals surface area contributed by atoms with Crippen molar-refractivity contribution in [2.45, 2.75) is 40.2 Å². The molecule has 0 aromatic heterocycles. The first-order chi connectivity index (χ1) is 9.27. The summed E-state index contributed by atoms with van der Waals surface area (Å²) in [5.41, 5.74) is 0.124. The quantitative estimate of drug-likeness (QED) is 0.297. The lowest BCUT2D eigenvalue weighted by molar-refractivity contribution is -0.114. The molecule has 6 heteroatoms. The zero-order chi connectivity index (χ0) is 15.4. The zero-order valence-electron chi connectivity index (χ0n) is 13.9. The lowest BCUT2D eigenvalue weighted by Crippen LogP contribution is -2.39. The van der Waals surface area contributed by atoms with Crippen LogP contribution in [0.3, 0.4) is 0 Å². The monoisotopic (exact) mass is 294 g/mol. The highest BCUT2D eigenvalue weighted by atomic mass is 32.7. The number of rotatable bonds is 8. The lowest BCUT2D eigenvalue weighted by Gasteiger charge is -2.41. The van der Waals surface area contributed by atoms with Crippen molar-refractivity contribution in [1.29, 1.82) is 2.61 Å². The Balaban J connectivity index is 2.59. The molecule has 1 radical (unpaired) electrons. The standard InChI is InChI=1S/C12H25BO3PS/c1-11(2)9(7-16-18-17-13)6-10(12(11,3)4)15-8-14-5/h9-10,13,17H,6-8H2,1-5H3/i13T,17D. The molecule has 18 heavy (non-hydrogen) atoms. The fourth-order valence-corrected chi connectivity index (χ4v) is 3.29. The normalized spacial score (nSPS) is 32.7. The first-order valence-electron chi connectivity index (χ1n) is 7.19. The van der Waals surface area contributed by atoms with Gasteiger partial charge in [-0.2, -0.15) is 0 Å². The molecule has 105 valence electrons. The van der Waals surface area contributed by atoms with E-state index in [2.05, 4.69) is 27.7 Å². The Morgan fingerprint density at radius 1 is 1.50 bits per heavy atom. The Morgan fingerprint density at radius 2 is 2.22 bits per heavy atom. The topological polar surface area (TPSA) is 27.7 Å². The molecule has 0 bridgehead atoms. The summed E-state index contributed by atoms with van der Waals surface area (Å²) < 4.78 is 31.0. The summed E-state index contributed by atoms with van der Waals surface area (Å²) >= 11 is 1.11. The average Bonchev–Trinajstić information content (AvgIpc) is 2.55. The maximum atomic E-state index is 7.52. The summed E-state index contributed by atoms with van der Waals surface area (Å²) in [5, 5.41) is 0. The molecule has 1 fully saturated rings. The van der Waals surface area contributed by atoms with Crippen molar-refractivity contribution in [2.75, 3.05) is 20.5 Å². The molecular formula is C12H25BO3PS. The molecule has 1 rings (SSSR count). The van der Waals surface area contributed by atoms with Gasteiger partial charge in [0, 0.05) is 18.8 Å². The van der Waals surface area contributed by atoms with Crippen molar-refractivity contribution in [1.82, 2.24) is 0 Å². The van der Waals surface area contributed by atoms with Gasteiger partial charge < -0.3 is 13.7 Å². The molecule has 0 heterocycles. The van der Waals surface area contributed by atoms with E-state index in [0.29, 0.717) is 19.3 Å². The number of hydrogen-bond acceptors (Lipinski definition) is 4. The molecule has 0 saturated heterocycles. The Kier molecular flexibility index (Phi) is 5.28. The second-order valence-corrected chi connectivity index (χ2v) is 7.58. The molecule has 0 aromatic carbocycles. The number of ether oxygens (including phenoxy) is 2. The first kappa shape index (κ1) is 13.7. The van der Waals surface area contributed by atoms with Gasteiger partial charge >= 0.3 is 0 Å². The number of hydrogen-bond donors (Lipinski definition) is 0. The van der Waals surface area contributed by atoms with Crippen LogP contribution in [0.5, 0.6) is 0 Å². The van der Waals surface area contributed by atoms with Crippen molar-refractivity contribution < 1.29 is 13.7 Å². The summed E-state index contributed by atoms with van der Waals surface area (Å²) in [6, 6.07) is 0. The van der Waals surface area contributed by atoms with Crippen LogP contribution in [0, 0.1) is 16.7 Å². The van der Waals surface area contributed by atoms with Crippen LogP contribution in [0.2, 0.25) is 0 Å². The van der Waals surface area contributed by atoms with Gasteiger partial charge in [-0.05, 0) is 24.5 Å². The van der Waals surface area contributed by atoms with Crippen molar-refractivity contribution >= 4 is 26.8 Å². The van der Waals surface area contributed by atoms with Gasteiger partial charge in [-0.3, -0.25) is 0 Å². The van der Waals surface area contributed by atoms with Gasteiger partial charge in [-0.25, -0.2) is 0 Å². The lowest BCUT2D eigenvalue weighted by atomic mass is 9.66. The predicted octanol–water partition coefficient (Wildman–Crippen LogP) is 3.12. The zero-order valence-corrected chi connectivity index (χ0v) is 13.6. The molecular weight excluding hydrogens is 266 g/mol. The van der Waals surface area contributed by atoms with Gasteiger partial charge in [0.15, 0.2) is 0 Å². The minimum atomic E-state index is -1.24. The van der Waals surface area contributed by atoms with Gasteiger partial charge in [0.25, 0.3) is 0 Å². The largest absolute Gasteiger partial charge is 0.359 e. The maximum Gasteiger partial charge on any atom is 0.146 e. The molecule has 3 nitrogen and oxygen atoms in total. The van der Waals surface area contributed by atoms with E-state index >= 15 is 0 Å². The van der Waals surface area contributed by atoms with Gasteiger partial charge in [-0.15, -0.1) is 0 Å². The minimum Gasteiger partial charge on any atom is -0.359 e. The third kappa shape index (κ3) is 3.43. The molecule has 0 spiro atoms. The number of methoxy groups -OCH3 is 1. The molecule has 1 aliphatic carbocycles. The second-order valence-electron chi connectivity index (χ2n) is 5.90. The summed E-state index contributed by atoms with van der Waals surface area (Å²) in [6.45, 7) is 9.88. The maximum absolute atomic E-state index is 7.52. The van der Waals surface area contributed by atoms with E-state index in [0.717, 1.165) is 25.6 Å². The van der Waals surface area contributed by atoms with Gasteiger partial charge in [0.2, 0.25) is 0 Å². The average molecular weight is 294 g/mol. The molecule has 0 N–H and O–H groups in total. The van der Waals surface area contributed by atoms with Crippen LogP contribution in [0.15, 0.2) is 0 Å². The van der Waals surface area contributed by atoms with Crippen LogP contribution in [0.1, 0.15) is 34.1 Å². The molecule has 1 saturated carbocycles. The Morgan fingerprint density at radius 3 is 2.83 bits per heavy atom. The second kappa shape index (κ2) is 6.94. The molecule has 3 atom stereocenters. The van der Waals surface area contributed by atoms with E-state index in [1.165, 1.54) is 0 Å². The van der Waals surface area contributed by atoms with Crippen molar-refractivity contribution in [2.24, 2.45) is 16.7 Å². The molecule has 0 amide bonds. The summed E-state index contributed by atoms with van der Waals surface area (Å²) in [4.78, 5) is 0. The van der Waals surface area contributed by atoms with Crippen LogP contribution >= 0.6 is 19.3 Å². The Hall–Kier alpha value is 0.725. The van der Waals surface area contributed by atoms with E-state index in [1.807, 2.05) is 0 Å². The predicted molar refractivity (Wildman–Crippen MR) is 81.4 cm³/mol. The SMILES string of the molecule is [2H]P([B][3H])SOCC1CC(OCOC)C(C)(C)C1(C)C. The van der Waals surface area contributed by atoms with Crippen molar-refractivity contribution in [3.8, 4) is 0 Å². The molecule has 0 aromatic rings. The smallest absolute Gasteiger partial charge is 0.146 e. The highest BCUT2D eigenvalue weighted by molar-refractivity contribution is 8.53. The molecule has 0 aliphatic heterocycles. The van der Waals surface area contributed by atoms with Gasteiger partial charge in [0.05, 0.1) is 14.0 Å². The van der Waals surface area contributed by atoms with E-state index in [1.54, 1.807) is 7.11 Å². The van der Waals surface area contributed by atoms with E-state index in [-0.39, 0.29) is 16.9 Å². The van der Waals surface area contributed by atoms with Crippen LogP contribution in [-0.4, -0.2) is 36.8 Å². The van der Waals surface area contributed by atoms with Gasteiger partial charge in [0.1, 0.15) is 14.3 Å². The van der Waals surface area contributed by atoms with E-state index < -0.39 is 7.61 Å². The summed E-state index contributed by atoms with van der Waals surface area (Å²) in [5.74, 6) is 0.376.